The van der Waals surface area contributed by atoms with E-state index in [9.17, 15) is 0 Å². The average molecular weight is 272 g/mol. The van der Waals surface area contributed by atoms with Crippen molar-refractivity contribution in [3.63, 3.8) is 0 Å². The van der Waals surface area contributed by atoms with Gasteiger partial charge in [-0.05, 0) is 32.4 Å². The monoisotopic (exact) mass is 271 g/mol. The lowest BCUT2D eigenvalue weighted by Gasteiger charge is -2.25. The van der Waals surface area contributed by atoms with Gasteiger partial charge in [-0.2, -0.15) is 0 Å². The number of rotatable bonds is 8. The Kier molecular flexibility index (Phi) is 6.30. The number of hydrogen-bond donors (Lipinski definition) is 1. The highest BCUT2D eigenvalue weighted by molar-refractivity contribution is 6.17. The zero-order valence-electron chi connectivity index (χ0n) is 11.3. The van der Waals surface area contributed by atoms with Crippen LogP contribution in [-0.2, 0) is 0 Å². The number of para-hydroxylation sites is 2. The van der Waals surface area contributed by atoms with Gasteiger partial charge < -0.3 is 14.8 Å². The van der Waals surface area contributed by atoms with Gasteiger partial charge in [0.2, 0.25) is 0 Å². The maximum atomic E-state index is 5.75. The molecule has 0 radical (unpaired) electrons. The van der Waals surface area contributed by atoms with E-state index in [2.05, 4.69) is 19.2 Å². The third-order valence-corrected chi connectivity index (χ3v) is 2.94. The van der Waals surface area contributed by atoms with Crippen molar-refractivity contribution in [3.8, 4) is 11.5 Å². The number of ether oxygens (including phenoxy) is 2. The molecule has 0 aromatic heterocycles. The maximum Gasteiger partial charge on any atom is 0.161 e. The van der Waals surface area contributed by atoms with Crippen LogP contribution in [0.3, 0.4) is 0 Å². The molecule has 1 rings (SSSR count). The van der Waals surface area contributed by atoms with Gasteiger partial charge in [0.1, 0.15) is 6.61 Å². The van der Waals surface area contributed by atoms with Crippen LogP contribution in [-0.4, -0.2) is 31.7 Å². The fourth-order valence-electron chi connectivity index (χ4n) is 1.61. The molecule has 4 heteroatoms. The second kappa shape index (κ2) is 7.49. The third kappa shape index (κ3) is 5.15. The van der Waals surface area contributed by atoms with Crippen molar-refractivity contribution >= 4 is 11.6 Å². The van der Waals surface area contributed by atoms with Crippen LogP contribution in [0.5, 0.6) is 11.5 Å². The summed E-state index contributed by atoms with van der Waals surface area (Å²) in [6.07, 6.45) is 0.934. The Hall–Kier alpha value is -0.930. The van der Waals surface area contributed by atoms with Gasteiger partial charge in [-0.15, -0.1) is 11.6 Å². The largest absolute Gasteiger partial charge is 0.493 e. The van der Waals surface area contributed by atoms with Crippen molar-refractivity contribution in [3.05, 3.63) is 24.3 Å². The van der Waals surface area contributed by atoms with Crippen molar-refractivity contribution in [2.24, 2.45) is 0 Å². The van der Waals surface area contributed by atoms with E-state index in [1.165, 1.54) is 0 Å². The van der Waals surface area contributed by atoms with E-state index in [0.717, 1.165) is 24.5 Å². The van der Waals surface area contributed by atoms with Crippen LogP contribution >= 0.6 is 11.6 Å². The van der Waals surface area contributed by atoms with Crippen LogP contribution in [0.15, 0.2) is 24.3 Å². The number of nitrogens with one attached hydrogen (secondary N) is 1. The molecule has 0 aliphatic carbocycles. The molecule has 102 valence electrons. The number of methoxy groups -OCH3 is 1. The Morgan fingerprint density at radius 2 is 1.89 bits per heavy atom. The predicted molar refractivity (Wildman–Crippen MR) is 75.9 cm³/mol. The molecule has 0 atom stereocenters. The molecular weight excluding hydrogens is 250 g/mol. The minimum Gasteiger partial charge on any atom is -0.493 e. The van der Waals surface area contributed by atoms with E-state index >= 15 is 0 Å². The Labute approximate surface area is 114 Å². The first-order valence-corrected chi connectivity index (χ1v) is 6.69. The molecule has 0 aliphatic heterocycles. The molecule has 1 aromatic carbocycles. The minimum absolute atomic E-state index is 0.0475. The van der Waals surface area contributed by atoms with Crippen LogP contribution in [0.2, 0.25) is 0 Å². The van der Waals surface area contributed by atoms with E-state index in [-0.39, 0.29) is 5.54 Å². The summed E-state index contributed by atoms with van der Waals surface area (Å²) in [5, 5.41) is 3.42. The second-order valence-electron chi connectivity index (χ2n) is 4.75. The van der Waals surface area contributed by atoms with E-state index in [1.807, 2.05) is 24.3 Å². The van der Waals surface area contributed by atoms with Crippen molar-refractivity contribution in [1.82, 2.24) is 5.32 Å². The first kappa shape index (κ1) is 15.1. The first-order valence-electron chi connectivity index (χ1n) is 6.16. The quantitative estimate of drug-likeness (QED) is 0.582. The zero-order valence-corrected chi connectivity index (χ0v) is 12.1. The van der Waals surface area contributed by atoms with Crippen LogP contribution < -0.4 is 14.8 Å². The summed E-state index contributed by atoms with van der Waals surface area (Å²) >= 11 is 5.75. The molecule has 1 aromatic rings. The first-order chi connectivity index (χ1) is 8.59. The lowest BCUT2D eigenvalue weighted by molar-refractivity contribution is 0.269. The Morgan fingerprint density at radius 1 is 1.22 bits per heavy atom. The molecule has 0 unspecified atom stereocenters. The standard InChI is InChI=1S/C14H22ClNO2/c1-14(2,8-9-15)16-10-11-18-13-7-5-4-6-12(13)17-3/h4-7,16H,8-11H2,1-3H3. The normalized spacial score (nSPS) is 11.3. The molecule has 0 saturated carbocycles. The summed E-state index contributed by atoms with van der Waals surface area (Å²) in [6.45, 7) is 5.66. The van der Waals surface area contributed by atoms with Crippen molar-refractivity contribution < 1.29 is 9.47 Å². The van der Waals surface area contributed by atoms with Crippen LogP contribution in [0.25, 0.3) is 0 Å². The minimum atomic E-state index is 0.0475. The summed E-state index contributed by atoms with van der Waals surface area (Å²) in [5.74, 6) is 2.20. The topological polar surface area (TPSA) is 30.5 Å². The molecule has 0 aliphatic rings. The highest BCUT2D eigenvalue weighted by Crippen LogP contribution is 2.25. The summed E-state index contributed by atoms with van der Waals surface area (Å²) in [4.78, 5) is 0. The van der Waals surface area contributed by atoms with Crippen molar-refractivity contribution in [2.45, 2.75) is 25.8 Å². The fraction of sp³-hybridized carbons (Fsp3) is 0.571. The van der Waals surface area contributed by atoms with Crippen LogP contribution in [0.1, 0.15) is 20.3 Å². The number of benzene rings is 1. The molecule has 3 nitrogen and oxygen atoms in total. The Balaban J connectivity index is 2.33. The number of hydrogen-bond acceptors (Lipinski definition) is 3. The molecule has 0 heterocycles. The Morgan fingerprint density at radius 3 is 2.50 bits per heavy atom. The fourth-order valence-corrected chi connectivity index (χ4v) is 2.09. The maximum absolute atomic E-state index is 5.75. The van der Waals surface area contributed by atoms with E-state index in [4.69, 9.17) is 21.1 Å². The molecule has 0 bridgehead atoms. The molecule has 18 heavy (non-hydrogen) atoms. The van der Waals surface area contributed by atoms with Gasteiger partial charge in [-0.25, -0.2) is 0 Å². The number of halogens is 1. The predicted octanol–water partition coefficient (Wildman–Crippen LogP) is 3.07. The molecular formula is C14H22ClNO2. The smallest absolute Gasteiger partial charge is 0.161 e. The van der Waals surface area contributed by atoms with Gasteiger partial charge in [0, 0.05) is 18.0 Å². The van der Waals surface area contributed by atoms with Gasteiger partial charge in [-0.1, -0.05) is 12.1 Å². The van der Waals surface area contributed by atoms with Gasteiger partial charge in [0.15, 0.2) is 11.5 Å². The highest BCUT2D eigenvalue weighted by atomic mass is 35.5. The average Bonchev–Trinajstić information content (AvgIpc) is 2.35. The van der Waals surface area contributed by atoms with E-state index in [1.54, 1.807) is 7.11 Å². The third-order valence-electron chi connectivity index (χ3n) is 2.75. The summed E-state index contributed by atoms with van der Waals surface area (Å²) < 4.78 is 10.9. The van der Waals surface area contributed by atoms with E-state index in [0.29, 0.717) is 12.5 Å². The Bertz CT molecular complexity index is 355. The second-order valence-corrected chi connectivity index (χ2v) is 5.13. The molecule has 0 saturated heterocycles. The highest BCUT2D eigenvalue weighted by Gasteiger charge is 2.15. The van der Waals surface area contributed by atoms with Crippen molar-refractivity contribution in [1.29, 1.82) is 0 Å². The van der Waals surface area contributed by atoms with Crippen LogP contribution in [0.4, 0.5) is 0 Å². The van der Waals surface area contributed by atoms with Gasteiger partial charge in [-0.3, -0.25) is 0 Å². The summed E-state index contributed by atoms with van der Waals surface area (Å²) in [7, 11) is 1.64. The lowest BCUT2D eigenvalue weighted by Crippen LogP contribution is -2.41. The zero-order chi connectivity index (χ0) is 13.4. The van der Waals surface area contributed by atoms with Gasteiger partial charge >= 0.3 is 0 Å². The lowest BCUT2D eigenvalue weighted by atomic mass is 10.0. The molecule has 0 spiro atoms. The SMILES string of the molecule is COc1ccccc1OCCNC(C)(C)CCCl. The van der Waals surface area contributed by atoms with Gasteiger partial charge in [0.05, 0.1) is 7.11 Å². The number of alkyl halides is 1. The summed E-state index contributed by atoms with van der Waals surface area (Å²) in [5.41, 5.74) is 0.0475. The van der Waals surface area contributed by atoms with E-state index < -0.39 is 0 Å². The molecule has 0 fully saturated rings. The van der Waals surface area contributed by atoms with Gasteiger partial charge in [0.25, 0.3) is 0 Å². The molecule has 0 amide bonds. The van der Waals surface area contributed by atoms with Crippen LogP contribution in [0, 0.1) is 0 Å². The molecule has 1 N–H and O–H groups in total. The van der Waals surface area contributed by atoms with Crippen molar-refractivity contribution in [2.75, 3.05) is 26.1 Å². The summed E-state index contributed by atoms with van der Waals surface area (Å²) in [6, 6.07) is 7.65.